The molecule has 1 atom stereocenters. The molecule has 212 valence electrons. The van der Waals surface area contributed by atoms with Crippen LogP contribution >= 0.6 is 16.1 Å². The van der Waals surface area contributed by atoms with Crippen LogP contribution in [0.15, 0.2) is 140 Å². The molecule has 0 fully saturated rings. The smallest absolute Gasteiger partial charge is 0.386 e. The molecule has 0 aromatic heterocycles. The Kier molecular flexibility index (Phi) is 8.92. The Morgan fingerprint density at radius 3 is 1.19 bits per heavy atom. The maximum atomic E-state index is 13.7. The highest BCUT2D eigenvalue weighted by Crippen LogP contribution is 2.50. The molecule has 5 rings (SSSR count). The van der Waals surface area contributed by atoms with E-state index in [0.717, 1.165) is 11.1 Å². The zero-order chi connectivity index (χ0) is 29.4. The zero-order valence-corrected chi connectivity index (χ0v) is 24.8. The first kappa shape index (κ1) is 28.9. The average Bonchev–Trinajstić information content (AvgIpc) is 2.99. The summed E-state index contributed by atoms with van der Waals surface area (Å²) >= 11 is 0. The summed E-state index contributed by atoms with van der Waals surface area (Å²) in [6.07, 6.45) is 0. The van der Waals surface area contributed by atoms with Crippen molar-refractivity contribution in [3.8, 4) is 28.7 Å². The lowest BCUT2D eigenvalue weighted by Crippen LogP contribution is -2.18. The Bertz CT molecular complexity index is 1600. The standard InChI is InChI=1S/C33H29O7P2/c1-33(2,26-18-22-29(23-19-26)37-41(34)36-28-12-6-3-7-13-28)27-20-24-32(25-21-27)40-42(35,38-30-14-8-4-9-15-30)39-31-16-10-5-11-17-31/h3-25H,1-2H3/q+1. The van der Waals surface area contributed by atoms with Gasteiger partial charge >= 0.3 is 16.1 Å². The van der Waals surface area contributed by atoms with Gasteiger partial charge in [0.15, 0.2) is 11.5 Å². The lowest BCUT2D eigenvalue weighted by molar-refractivity contribution is 0.298. The van der Waals surface area contributed by atoms with Crippen LogP contribution in [-0.2, 0) is 14.5 Å². The Morgan fingerprint density at radius 2 is 0.786 bits per heavy atom. The minimum Gasteiger partial charge on any atom is -0.386 e. The molecule has 1 unspecified atom stereocenters. The molecular formula is C33H29O7P2+. The molecule has 0 spiro atoms. The number of benzene rings is 5. The van der Waals surface area contributed by atoms with Gasteiger partial charge in [-0.3, -0.25) is 0 Å². The van der Waals surface area contributed by atoms with Gasteiger partial charge in [-0.2, -0.15) is 4.57 Å². The van der Waals surface area contributed by atoms with Crippen LogP contribution in [0.25, 0.3) is 0 Å². The Balaban J connectivity index is 1.28. The first-order valence-electron chi connectivity index (χ1n) is 13.2. The second-order valence-corrected chi connectivity index (χ2v) is 12.0. The van der Waals surface area contributed by atoms with Crippen LogP contribution in [-0.4, -0.2) is 0 Å². The number of phosphoric acid groups is 1. The number of para-hydroxylation sites is 3. The van der Waals surface area contributed by atoms with Crippen LogP contribution in [0.3, 0.4) is 0 Å². The van der Waals surface area contributed by atoms with E-state index in [1.54, 1.807) is 97.1 Å². The lowest BCUT2D eigenvalue weighted by Gasteiger charge is -2.26. The van der Waals surface area contributed by atoms with Gasteiger partial charge in [0.1, 0.15) is 17.2 Å². The van der Waals surface area contributed by atoms with E-state index in [1.807, 2.05) is 42.5 Å². The molecule has 0 amide bonds. The molecule has 0 N–H and O–H groups in total. The molecule has 7 nitrogen and oxygen atoms in total. The summed E-state index contributed by atoms with van der Waals surface area (Å²) in [6.45, 7) is 4.17. The molecule has 0 saturated carbocycles. The molecule has 9 heteroatoms. The van der Waals surface area contributed by atoms with Crippen LogP contribution in [0.2, 0.25) is 0 Å². The SMILES string of the molecule is CC(C)(c1ccc(O[P+](=O)Oc2ccccc2)cc1)c1ccc(OP(=O)(Oc2ccccc2)Oc2ccccc2)cc1. The summed E-state index contributed by atoms with van der Waals surface area (Å²) in [5, 5.41) is 0. The Hall–Kier alpha value is -4.57. The van der Waals surface area contributed by atoms with Gasteiger partial charge in [0, 0.05) is 9.98 Å². The maximum absolute atomic E-state index is 13.7. The largest absolute Gasteiger partial charge is 0.805 e. The Morgan fingerprint density at radius 1 is 0.476 bits per heavy atom. The highest BCUT2D eigenvalue weighted by Gasteiger charge is 2.33. The topological polar surface area (TPSA) is 80.3 Å². The molecule has 0 aliphatic carbocycles. The molecule has 0 aliphatic heterocycles. The van der Waals surface area contributed by atoms with Gasteiger partial charge < -0.3 is 13.6 Å². The molecule has 0 bridgehead atoms. The highest BCUT2D eigenvalue weighted by atomic mass is 31.2. The van der Waals surface area contributed by atoms with E-state index in [9.17, 15) is 9.13 Å². The van der Waals surface area contributed by atoms with Crippen molar-refractivity contribution in [2.45, 2.75) is 19.3 Å². The molecule has 0 saturated heterocycles. The normalized spacial score (nSPS) is 11.7. The van der Waals surface area contributed by atoms with Crippen molar-refractivity contribution in [2.75, 3.05) is 0 Å². The van der Waals surface area contributed by atoms with Gasteiger partial charge in [-0.05, 0) is 71.8 Å². The fourth-order valence-electron chi connectivity index (χ4n) is 4.11. The second kappa shape index (κ2) is 12.9. The third-order valence-electron chi connectivity index (χ3n) is 6.39. The molecule has 42 heavy (non-hydrogen) atoms. The molecule has 0 radical (unpaired) electrons. The van der Waals surface area contributed by atoms with Crippen LogP contribution in [0.4, 0.5) is 0 Å². The van der Waals surface area contributed by atoms with Crippen molar-refractivity contribution in [3.63, 3.8) is 0 Å². The number of hydrogen-bond donors (Lipinski definition) is 0. The molecule has 5 aromatic carbocycles. The van der Waals surface area contributed by atoms with Crippen LogP contribution in [0.1, 0.15) is 25.0 Å². The minimum atomic E-state index is -4.09. The molecular weight excluding hydrogens is 570 g/mol. The molecule has 0 heterocycles. The number of phosphoric ester groups is 1. The van der Waals surface area contributed by atoms with Crippen molar-refractivity contribution in [1.82, 2.24) is 0 Å². The predicted octanol–water partition coefficient (Wildman–Crippen LogP) is 9.77. The van der Waals surface area contributed by atoms with E-state index < -0.39 is 21.5 Å². The van der Waals surface area contributed by atoms with E-state index >= 15 is 0 Å². The van der Waals surface area contributed by atoms with Crippen molar-refractivity contribution in [2.24, 2.45) is 0 Å². The van der Waals surface area contributed by atoms with Crippen molar-refractivity contribution >= 4 is 16.1 Å². The fourth-order valence-corrected chi connectivity index (χ4v) is 5.99. The van der Waals surface area contributed by atoms with E-state index in [-0.39, 0.29) is 0 Å². The number of rotatable bonds is 12. The van der Waals surface area contributed by atoms with Crippen molar-refractivity contribution in [1.29, 1.82) is 0 Å². The van der Waals surface area contributed by atoms with E-state index in [4.69, 9.17) is 22.6 Å². The van der Waals surface area contributed by atoms with E-state index in [2.05, 4.69) is 13.8 Å². The summed E-state index contributed by atoms with van der Waals surface area (Å²) in [5.41, 5.74) is 1.60. The summed E-state index contributed by atoms with van der Waals surface area (Å²) in [6, 6.07) is 41.0. The van der Waals surface area contributed by atoms with Gasteiger partial charge in [0.25, 0.3) is 0 Å². The zero-order valence-electron chi connectivity index (χ0n) is 23.0. The van der Waals surface area contributed by atoms with Crippen LogP contribution < -0.4 is 22.6 Å². The summed E-state index contributed by atoms with van der Waals surface area (Å²) < 4.78 is 54.1. The summed E-state index contributed by atoms with van der Waals surface area (Å²) in [4.78, 5) is 0. The molecule has 0 aliphatic rings. The van der Waals surface area contributed by atoms with Crippen LogP contribution in [0.5, 0.6) is 28.7 Å². The Labute approximate surface area is 246 Å². The summed E-state index contributed by atoms with van der Waals surface area (Å²) in [5.74, 6) is 1.95. The second-order valence-electron chi connectivity index (χ2n) is 9.74. The molecule has 5 aromatic rings. The van der Waals surface area contributed by atoms with E-state index in [0.29, 0.717) is 28.7 Å². The average molecular weight is 600 g/mol. The third-order valence-corrected chi connectivity index (χ3v) is 8.42. The fraction of sp³-hybridized carbons (Fsp3) is 0.0909. The van der Waals surface area contributed by atoms with Gasteiger partial charge in [0.05, 0.1) is 0 Å². The monoisotopic (exact) mass is 599 g/mol. The first-order chi connectivity index (χ1) is 20.3. The summed E-state index contributed by atoms with van der Waals surface area (Å²) in [7, 11) is -6.46. The number of hydrogen-bond acceptors (Lipinski definition) is 7. The van der Waals surface area contributed by atoms with Gasteiger partial charge in [-0.15, -0.1) is 0 Å². The van der Waals surface area contributed by atoms with Crippen molar-refractivity contribution in [3.05, 3.63) is 151 Å². The van der Waals surface area contributed by atoms with Crippen LogP contribution in [0, 0.1) is 0 Å². The third kappa shape index (κ3) is 7.58. The first-order valence-corrected chi connectivity index (χ1v) is 15.7. The highest BCUT2D eigenvalue weighted by molar-refractivity contribution is 7.49. The quantitative estimate of drug-likeness (QED) is 0.132. The van der Waals surface area contributed by atoms with E-state index in [1.165, 1.54) is 0 Å². The maximum Gasteiger partial charge on any atom is 0.805 e. The lowest BCUT2D eigenvalue weighted by atomic mass is 9.78. The van der Waals surface area contributed by atoms with Crippen molar-refractivity contribution < 1.29 is 31.7 Å². The van der Waals surface area contributed by atoms with Gasteiger partial charge in [-0.25, -0.2) is 9.05 Å². The minimum absolute atomic E-state index is 0.329. The van der Waals surface area contributed by atoms with Gasteiger partial charge in [0.2, 0.25) is 0 Å². The predicted molar refractivity (Wildman–Crippen MR) is 163 cm³/mol. The van der Waals surface area contributed by atoms with Gasteiger partial charge in [-0.1, -0.05) is 92.7 Å².